The van der Waals surface area contributed by atoms with E-state index in [0.717, 1.165) is 11.3 Å². The number of aromatic nitrogens is 1. The molecule has 1 aromatic carbocycles. The third-order valence-corrected chi connectivity index (χ3v) is 2.08. The maximum absolute atomic E-state index is 8.66. The number of nitrogens with zero attached hydrogens (tertiary/aromatic N) is 2. The fourth-order valence-electron chi connectivity index (χ4n) is 1.33. The quantitative estimate of drug-likeness (QED) is 0.758. The van der Waals surface area contributed by atoms with Gasteiger partial charge in [0.05, 0.1) is 17.3 Å². The molecule has 0 fully saturated rings. The topological polar surface area (TPSA) is 62.7 Å². The van der Waals surface area contributed by atoms with Gasteiger partial charge >= 0.3 is 0 Å². The van der Waals surface area contributed by atoms with Crippen LogP contribution in [0.2, 0.25) is 0 Å². The SMILES string of the molecule is N#Cc1ccc(-c2cccc(N)n2)cc1. The summed E-state index contributed by atoms with van der Waals surface area (Å²) in [6, 6.07) is 14.8. The first-order valence-corrected chi connectivity index (χ1v) is 4.52. The van der Waals surface area contributed by atoms with Crippen molar-refractivity contribution >= 4 is 5.82 Å². The first-order chi connectivity index (χ1) is 7.29. The highest BCUT2D eigenvalue weighted by Gasteiger charge is 1.99. The lowest BCUT2D eigenvalue weighted by Gasteiger charge is -2.01. The van der Waals surface area contributed by atoms with Crippen LogP contribution in [0.5, 0.6) is 0 Å². The van der Waals surface area contributed by atoms with Crippen LogP contribution in [0.1, 0.15) is 5.56 Å². The number of benzene rings is 1. The zero-order chi connectivity index (χ0) is 10.7. The first-order valence-electron chi connectivity index (χ1n) is 4.52. The number of pyridine rings is 1. The monoisotopic (exact) mass is 195 g/mol. The van der Waals surface area contributed by atoms with Crippen LogP contribution in [-0.4, -0.2) is 4.98 Å². The van der Waals surface area contributed by atoms with Gasteiger partial charge in [-0.3, -0.25) is 0 Å². The summed E-state index contributed by atoms with van der Waals surface area (Å²) in [5, 5.41) is 8.66. The van der Waals surface area contributed by atoms with Gasteiger partial charge in [0, 0.05) is 5.56 Å². The molecule has 0 aliphatic rings. The second-order valence-electron chi connectivity index (χ2n) is 3.14. The fraction of sp³-hybridized carbons (Fsp3) is 0. The standard InChI is InChI=1S/C12H9N3/c13-8-9-4-6-10(7-5-9)11-2-1-3-12(14)15-11/h1-7H,(H2,14,15). The Kier molecular flexibility index (Phi) is 2.34. The van der Waals surface area contributed by atoms with E-state index >= 15 is 0 Å². The minimum absolute atomic E-state index is 0.497. The molecule has 15 heavy (non-hydrogen) atoms. The Morgan fingerprint density at radius 2 is 1.80 bits per heavy atom. The van der Waals surface area contributed by atoms with E-state index in [1.807, 2.05) is 24.3 Å². The second-order valence-corrected chi connectivity index (χ2v) is 3.14. The molecule has 0 aliphatic heterocycles. The van der Waals surface area contributed by atoms with Crippen molar-refractivity contribution in [1.29, 1.82) is 5.26 Å². The zero-order valence-corrected chi connectivity index (χ0v) is 8.01. The van der Waals surface area contributed by atoms with Crippen LogP contribution < -0.4 is 5.73 Å². The van der Waals surface area contributed by atoms with Gasteiger partial charge in [-0.05, 0) is 24.3 Å². The van der Waals surface area contributed by atoms with Crippen molar-refractivity contribution in [3.63, 3.8) is 0 Å². The molecular weight excluding hydrogens is 186 g/mol. The molecule has 3 heteroatoms. The molecule has 0 atom stereocenters. The number of nitrogens with two attached hydrogens (primary N) is 1. The molecule has 3 nitrogen and oxygen atoms in total. The van der Waals surface area contributed by atoms with Gasteiger partial charge in [0.1, 0.15) is 5.82 Å². The lowest BCUT2D eigenvalue weighted by atomic mass is 10.1. The van der Waals surface area contributed by atoms with Crippen LogP contribution in [0.25, 0.3) is 11.3 Å². The molecule has 0 radical (unpaired) electrons. The second kappa shape index (κ2) is 3.81. The Morgan fingerprint density at radius 1 is 1.07 bits per heavy atom. The van der Waals surface area contributed by atoms with E-state index in [0.29, 0.717) is 11.4 Å². The highest BCUT2D eigenvalue weighted by atomic mass is 14.8. The molecule has 0 unspecified atom stereocenters. The highest BCUT2D eigenvalue weighted by Crippen LogP contribution is 2.18. The normalized spacial score (nSPS) is 9.53. The van der Waals surface area contributed by atoms with E-state index in [4.69, 9.17) is 11.0 Å². The van der Waals surface area contributed by atoms with Gasteiger partial charge < -0.3 is 5.73 Å². The molecular formula is C12H9N3. The van der Waals surface area contributed by atoms with Crippen LogP contribution >= 0.6 is 0 Å². The van der Waals surface area contributed by atoms with Crippen molar-refractivity contribution in [3.8, 4) is 17.3 Å². The third-order valence-electron chi connectivity index (χ3n) is 2.08. The van der Waals surface area contributed by atoms with E-state index < -0.39 is 0 Å². The molecule has 2 rings (SSSR count). The van der Waals surface area contributed by atoms with Crippen LogP contribution in [0.3, 0.4) is 0 Å². The summed E-state index contributed by atoms with van der Waals surface area (Å²) in [7, 11) is 0. The Labute approximate surface area is 87.8 Å². The highest BCUT2D eigenvalue weighted by molar-refractivity contribution is 5.61. The molecule has 0 saturated carbocycles. The molecule has 0 aliphatic carbocycles. The van der Waals surface area contributed by atoms with E-state index in [9.17, 15) is 0 Å². The number of rotatable bonds is 1. The van der Waals surface area contributed by atoms with Gasteiger partial charge in [-0.15, -0.1) is 0 Å². The van der Waals surface area contributed by atoms with E-state index in [-0.39, 0.29) is 0 Å². The average molecular weight is 195 g/mol. The van der Waals surface area contributed by atoms with E-state index in [1.54, 1.807) is 18.2 Å². The van der Waals surface area contributed by atoms with Crippen LogP contribution in [0, 0.1) is 11.3 Å². The van der Waals surface area contributed by atoms with Crippen LogP contribution in [-0.2, 0) is 0 Å². The number of nitriles is 1. The maximum Gasteiger partial charge on any atom is 0.124 e. The molecule has 1 heterocycles. The largest absolute Gasteiger partial charge is 0.384 e. The van der Waals surface area contributed by atoms with Gasteiger partial charge in [0.2, 0.25) is 0 Å². The Balaban J connectivity index is 2.42. The molecule has 0 bridgehead atoms. The molecule has 1 aromatic heterocycles. The molecule has 0 saturated heterocycles. The summed E-state index contributed by atoms with van der Waals surface area (Å²) < 4.78 is 0. The van der Waals surface area contributed by atoms with Crippen molar-refractivity contribution in [3.05, 3.63) is 48.0 Å². The van der Waals surface area contributed by atoms with Crippen molar-refractivity contribution in [1.82, 2.24) is 4.98 Å². The first kappa shape index (κ1) is 9.22. The van der Waals surface area contributed by atoms with Crippen LogP contribution in [0.4, 0.5) is 5.82 Å². The van der Waals surface area contributed by atoms with Crippen molar-refractivity contribution in [2.24, 2.45) is 0 Å². The number of hydrogen-bond donors (Lipinski definition) is 1. The lowest BCUT2D eigenvalue weighted by molar-refractivity contribution is 1.33. The Morgan fingerprint density at radius 3 is 2.40 bits per heavy atom. The van der Waals surface area contributed by atoms with E-state index in [1.165, 1.54) is 0 Å². The summed E-state index contributed by atoms with van der Waals surface area (Å²) in [5.74, 6) is 0.497. The number of hydrogen-bond acceptors (Lipinski definition) is 3. The summed E-state index contributed by atoms with van der Waals surface area (Å²) in [4.78, 5) is 4.19. The summed E-state index contributed by atoms with van der Waals surface area (Å²) >= 11 is 0. The number of anilines is 1. The Bertz CT molecular complexity index is 509. The zero-order valence-electron chi connectivity index (χ0n) is 8.01. The summed E-state index contributed by atoms with van der Waals surface area (Å²) in [5.41, 5.74) is 8.01. The molecule has 0 spiro atoms. The van der Waals surface area contributed by atoms with Gasteiger partial charge in [-0.2, -0.15) is 5.26 Å². The third kappa shape index (κ3) is 1.94. The van der Waals surface area contributed by atoms with Gasteiger partial charge in [-0.25, -0.2) is 4.98 Å². The molecule has 2 N–H and O–H groups in total. The minimum atomic E-state index is 0.497. The lowest BCUT2D eigenvalue weighted by Crippen LogP contribution is -1.91. The minimum Gasteiger partial charge on any atom is -0.384 e. The van der Waals surface area contributed by atoms with Crippen molar-refractivity contribution in [2.45, 2.75) is 0 Å². The predicted molar refractivity (Wildman–Crippen MR) is 58.8 cm³/mol. The van der Waals surface area contributed by atoms with Crippen LogP contribution in [0.15, 0.2) is 42.5 Å². The molecule has 72 valence electrons. The molecule has 2 aromatic rings. The molecule has 0 amide bonds. The van der Waals surface area contributed by atoms with Crippen molar-refractivity contribution < 1.29 is 0 Å². The van der Waals surface area contributed by atoms with E-state index in [2.05, 4.69) is 11.1 Å². The Hall–Kier alpha value is -2.34. The summed E-state index contributed by atoms with van der Waals surface area (Å²) in [6.07, 6.45) is 0. The average Bonchev–Trinajstić information content (AvgIpc) is 2.29. The maximum atomic E-state index is 8.66. The predicted octanol–water partition coefficient (Wildman–Crippen LogP) is 2.20. The number of nitrogen functional groups attached to an aromatic ring is 1. The van der Waals surface area contributed by atoms with Gasteiger partial charge in [0.15, 0.2) is 0 Å². The van der Waals surface area contributed by atoms with Gasteiger partial charge in [0.25, 0.3) is 0 Å². The van der Waals surface area contributed by atoms with Crippen molar-refractivity contribution in [2.75, 3.05) is 5.73 Å². The summed E-state index contributed by atoms with van der Waals surface area (Å²) in [6.45, 7) is 0. The smallest absolute Gasteiger partial charge is 0.124 e. The fourth-order valence-corrected chi connectivity index (χ4v) is 1.33. The van der Waals surface area contributed by atoms with Gasteiger partial charge in [-0.1, -0.05) is 18.2 Å².